The fourth-order valence-electron chi connectivity index (χ4n) is 12.1. The van der Waals surface area contributed by atoms with Gasteiger partial charge in [-0.2, -0.15) is 0 Å². The maximum absolute atomic E-state index is 5.43. The molecule has 0 N–H and O–H groups in total. The molecule has 15 rings (SSSR count). The van der Waals surface area contributed by atoms with Crippen LogP contribution in [-0.4, -0.2) is 24.5 Å². The van der Waals surface area contributed by atoms with Gasteiger partial charge in [0.25, 0.3) is 0 Å². The first-order valence-electron chi connectivity index (χ1n) is 23.9. The van der Waals surface area contributed by atoms with E-state index in [0.717, 1.165) is 66.5 Å². The second-order valence-electron chi connectivity index (χ2n) is 18.5. The summed E-state index contributed by atoms with van der Waals surface area (Å²) < 4.78 is 2.30. The van der Waals surface area contributed by atoms with E-state index in [1.807, 2.05) is 18.5 Å². The van der Waals surface area contributed by atoms with E-state index >= 15 is 0 Å². The van der Waals surface area contributed by atoms with Crippen LogP contribution in [0.2, 0.25) is 0 Å². The van der Waals surface area contributed by atoms with Crippen molar-refractivity contribution in [2.24, 2.45) is 0 Å². The van der Waals surface area contributed by atoms with E-state index in [-0.39, 0.29) is 0 Å². The largest absolute Gasteiger partial charge is 0.278 e. The van der Waals surface area contributed by atoms with Crippen LogP contribution in [-0.2, 0) is 5.41 Å². The summed E-state index contributed by atoms with van der Waals surface area (Å²) in [4.78, 5) is 20.4. The molecular weight excluding hydrogens is 851 g/mol. The first-order valence-corrected chi connectivity index (χ1v) is 23.9. The summed E-state index contributed by atoms with van der Waals surface area (Å²) in [5.74, 6) is 1.36. The van der Waals surface area contributed by atoms with E-state index in [9.17, 15) is 0 Å². The molecule has 5 heteroatoms. The molecule has 10 aromatic carbocycles. The molecule has 1 spiro atoms. The minimum absolute atomic E-state index is 0.630. The van der Waals surface area contributed by atoms with Gasteiger partial charge in [0, 0.05) is 39.9 Å². The lowest BCUT2D eigenvalue weighted by atomic mass is 9.70. The van der Waals surface area contributed by atoms with Gasteiger partial charge in [0.1, 0.15) is 0 Å². The van der Waals surface area contributed by atoms with Gasteiger partial charge in [0.05, 0.1) is 27.8 Å². The normalized spacial score (nSPS) is 14.3. The van der Waals surface area contributed by atoms with Crippen molar-refractivity contribution in [1.82, 2.24) is 24.5 Å². The number of para-hydroxylation sites is 1. The highest BCUT2D eigenvalue weighted by Crippen LogP contribution is 2.64. The molecule has 3 heterocycles. The number of aromatic nitrogens is 5. The minimum atomic E-state index is -0.630. The van der Waals surface area contributed by atoms with Crippen molar-refractivity contribution < 1.29 is 0 Å². The predicted molar refractivity (Wildman–Crippen MR) is 285 cm³/mol. The van der Waals surface area contributed by atoms with Crippen LogP contribution in [0, 0.1) is 0 Å². The van der Waals surface area contributed by atoms with E-state index in [0.29, 0.717) is 5.95 Å². The van der Waals surface area contributed by atoms with Gasteiger partial charge in [0.15, 0.2) is 5.82 Å². The molecule has 3 aromatic heterocycles. The first-order chi connectivity index (χ1) is 34.7. The highest BCUT2D eigenvalue weighted by Gasteiger charge is 2.52. The Morgan fingerprint density at radius 3 is 1.44 bits per heavy atom. The lowest BCUT2D eigenvalue weighted by molar-refractivity contribution is 0.794. The van der Waals surface area contributed by atoms with E-state index < -0.39 is 5.41 Å². The van der Waals surface area contributed by atoms with Crippen molar-refractivity contribution in [2.75, 3.05) is 0 Å². The van der Waals surface area contributed by atoms with Crippen LogP contribution in [0.1, 0.15) is 22.3 Å². The third-order valence-corrected chi connectivity index (χ3v) is 14.9. The van der Waals surface area contributed by atoms with Crippen LogP contribution in [0.5, 0.6) is 0 Å². The van der Waals surface area contributed by atoms with Crippen molar-refractivity contribution in [2.45, 2.75) is 5.41 Å². The summed E-state index contributed by atoms with van der Waals surface area (Å²) >= 11 is 0. The van der Waals surface area contributed by atoms with E-state index in [2.05, 4.69) is 223 Å². The van der Waals surface area contributed by atoms with Gasteiger partial charge in [-0.3, -0.25) is 4.57 Å². The van der Waals surface area contributed by atoms with Gasteiger partial charge in [-0.25, -0.2) is 19.9 Å². The maximum atomic E-state index is 5.43. The Balaban J connectivity index is 1.03. The van der Waals surface area contributed by atoms with Crippen molar-refractivity contribution in [1.29, 1.82) is 0 Å². The summed E-state index contributed by atoms with van der Waals surface area (Å²) in [7, 11) is 0. The van der Waals surface area contributed by atoms with E-state index in [4.69, 9.17) is 19.9 Å². The Morgan fingerprint density at radius 1 is 0.314 bits per heavy atom. The molecule has 0 aliphatic heterocycles. The van der Waals surface area contributed by atoms with Gasteiger partial charge in [-0.1, -0.05) is 188 Å². The molecular formula is C65H39N5. The first kappa shape index (κ1) is 38.8. The molecule has 1 atom stereocenters. The molecule has 0 bridgehead atoms. The van der Waals surface area contributed by atoms with Crippen molar-refractivity contribution in [3.8, 4) is 73.2 Å². The zero-order valence-corrected chi connectivity index (χ0v) is 37.8. The Kier molecular flexibility index (Phi) is 8.21. The third kappa shape index (κ3) is 5.37. The fraction of sp³-hybridized carbons (Fsp3) is 0.0154. The number of benzene rings is 10. The molecule has 13 aromatic rings. The number of rotatable bonds is 5. The number of fused-ring (bicyclic) bond motifs is 15. The summed E-state index contributed by atoms with van der Waals surface area (Å²) in [6.45, 7) is 0. The van der Waals surface area contributed by atoms with Crippen LogP contribution < -0.4 is 0 Å². The lowest BCUT2D eigenvalue weighted by Crippen LogP contribution is -2.26. The average molecular weight is 890 g/mol. The highest BCUT2D eigenvalue weighted by molar-refractivity contribution is 6.21. The van der Waals surface area contributed by atoms with Gasteiger partial charge >= 0.3 is 0 Å². The maximum Gasteiger partial charge on any atom is 0.235 e. The van der Waals surface area contributed by atoms with Crippen LogP contribution in [0.25, 0.3) is 117 Å². The van der Waals surface area contributed by atoms with Gasteiger partial charge in [0.2, 0.25) is 5.95 Å². The second kappa shape index (κ2) is 14.8. The molecule has 5 nitrogen and oxygen atoms in total. The van der Waals surface area contributed by atoms with Gasteiger partial charge in [-0.15, -0.1) is 0 Å². The number of hydrogen-bond acceptors (Lipinski definition) is 4. The Hall–Kier alpha value is -9.32. The second-order valence-corrected chi connectivity index (χ2v) is 18.5. The van der Waals surface area contributed by atoms with Gasteiger partial charge in [-0.05, 0) is 114 Å². The average Bonchev–Trinajstić information content (AvgIpc) is 4.03. The quantitative estimate of drug-likeness (QED) is 0.162. The summed E-state index contributed by atoms with van der Waals surface area (Å²) in [5.41, 5.74) is 18.8. The number of hydrogen-bond donors (Lipinski definition) is 0. The summed E-state index contributed by atoms with van der Waals surface area (Å²) in [5, 5.41) is 6.91. The zero-order chi connectivity index (χ0) is 45.9. The molecule has 0 fully saturated rings. The fourth-order valence-corrected chi connectivity index (χ4v) is 12.1. The molecule has 0 amide bonds. The molecule has 0 saturated carbocycles. The SMILES string of the molecule is c1ccc(-c2cc(-c3ccccc3)nc(-n3c4ccccc4c4cc5c(cc43)C3(c4ccccc4-c4ccc(-c6c7ccccc7c(-c7ncccn7)c7ccccc67)cc43)c3ccccc3-5)n2)cc1. The molecule has 2 aliphatic rings. The number of nitrogens with zero attached hydrogens (tertiary/aromatic N) is 5. The lowest BCUT2D eigenvalue weighted by Gasteiger charge is -2.31. The predicted octanol–water partition coefficient (Wildman–Crippen LogP) is 15.7. The van der Waals surface area contributed by atoms with Crippen LogP contribution in [0.15, 0.2) is 237 Å². The minimum Gasteiger partial charge on any atom is -0.278 e. The molecule has 324 valence electrons. The molecule has 2 aliphatic carbocycles. The van der Waals surface area contributed by atoms with Crippen molar-refractivity contribution in [3.63, 3.8) is 0 Å². The third-order valence-electron chi connectivity index (χ3n) is 14.9. The summed E-state index contributed by atoms with van der Waals surface area (Å²) in [6.07, 6.45) is 3.66. The van der Waals surface area contributed by atoms with E-state index in [1.54, 1.807) is 0 Å². The monoisotopic (exact) mass is 889 g/mol. The standard InChI is InChI=1S/C65H39N5/c1-3-18-40(19-4-1)57-39-58(41-20-5-2-6-21-41)69-64(68-57)70-59-31-16-13-24-46(59)52-37-51-44-23-12-15-30-54(44)65(56(51)38-60(52)70)53-29-14-11-22-43(53)45-33-32-42(36-55(45)65)61-47-25-7-9-27-49(47)62(63-66-34-17-35-67-63)50-28-10-8-26-48(50)61/h1-39H. The van der Waals surface area contributed by atoms with E-state index in [1.165, 1.54) is 66.4 Å². The molecule has 1 unspecified atom stereocenters. The van der Waals surface area contributed by atoms with Crippen LogP contribution >= 0.6 is 0 Å². The zero-order valence-electron chi connectivity index (χ0n) is 37.8. The molecule has 70 heavy (non-hydrogen) atoms. The molecule has 0 saturated heterocycles. The van der Waals surface area contributed by atoms with Crippen LogP contribution in [0.4, 0.5) is 0 Å². The smallest absolute Gasteiger partial charge is 0.235 e. The highest BCUT2D eigenvalue weighted by atomic mass is 15.2. The Morgan fingerprint density at radius 2 is 0.814 bits per heavy atom. The Bertz CT molecular complexity index is 4180. The molecule has 0 radical (unpaired) electrons. The van der Waals surface area contributed by atoms with Crippen molar-refractivity contribution >= 4 is 43.4 Å². The topological polar surface area (TPSA) is 56.5 Å². The Labute approximate surface area is 403 Å². The summed E-state index contributed by atoms with van der Waals surface area (Å²) in [6, 6.07) is 81.4. The van der Waals surface area contributed by atoms with Crippen molar-refractivity contribution in [3.05, 3.63) is 259 Å². The van der Waals surface area contributed by atoms with Crippen LogP contribution in [0.3, 0.4) is 0 Å². The van der Waals surface area contributed by atoms with Gasteiger partial charge < -0.3 is 0 Å².